The highest BCUT2D eigenvalue weighted by Crippen LogP contribution is 2.19. The molecule has 2 N–H and O–H groups in total. The highest BCUT2D eigenvalue weighted by molar-refractivity contribution is 5.71. The summed E-state index contributed by atoms with van der Waals surface area (Å²) in [6.45, 7) is 5.28. The van der Waals surface area contributed by atoms with Crippen LogP contribution in [0.2, 0.25) is 0 Å². The highest BCUT2D eigenvalue weighted by Gasteiger charge is 2.10. The van der Waals surface area contributed by atoms with Crippen molar-refractivity contribution in [2.24, 2.45) is 0 Å². The van der Waals surface area contributed by atoms with Crippen molar-refractivity contribution < 1.29 is 13.6 Å². The molecule has 1 amide bonds. The summed E-state index contributed by atoms with van der Waals surface area (Å²) in [4.78, 5) is 25.1. The summed E-state index contributed by atoms with van der Waals surface area (Å²) in [7, 11) is 2.02. The maximum absolute atomic E-state index is 13.4. The van der Waals surface area contributed by atoms with Crippen LogP contribution in [0.3, 0.4) is 0 Å². The summed E-state index contributed by atoms with van der Waals surface area (Å²) in [6, 6.07) is 12.7. The Balaban J connectivity index is 0.000000287. The molecule has 3 aromatic rings. The molecule has 35 heavy (non-hydrogen) atoms. The molecule has 4 rings (SSSR count). The predicted molar refractivity (Wildman–Crippen MR) is 133 cm³/mol. The molecule has 0 radical (unpaired) electrons. The zero-order valence-corrected chi connectivity index (χ0v) is 19.8. The molecule has 0 atom stereocenters. The molecule has 1 aliphatic rings. The third-order valence-electron chi connectivity index (χ3n) is 5.61. The van der Waals surface area contributed by atoms with Crippen LogP contribution in [0.25, 0.3) is 11.3 Å². The van der Waals surface area contributed by atoms with E-state index in [0.29, 0.717) is 12.1 Å². The van der Waals surface area contributed by atoms with Crippen molar-refractivity contribution in [1.82, 2.24) is 20.0 Å². The number of nitrogens with zero attached hydrogens (tertiary/aromatic N) is 3. The van der Waals surface area contributed by atoms with E-state index in [9.17, 15) is 18.4 Å². The monoisotopic (exact) mass is 483 g/mol. The molecule has 1 aliphatic heterocycles. The molecule has 0 spiro atoms. The van der Waals surface area contributed by atoms with E-state index in [1.54, 1.807) is 24.3 Å². The van der Waals surface area contributed by atoms with Crippen LogP contribution >= 0.6 is 0 Å². The van der Waals surface area contributed by atoms with Crippen LogP contribution in [0, 0.1) is 11.6 Å². The second-order valence-corrected chi connectivity index (χ2v) is 8.34. The topological polar surface area (TPSA) is 79.3 Å². The van der Waals surface area contributed by atoms with Crippen LogP contribution in [-0.2, 0) is 11.3 Å². The number of anilines is 1. The van der Waals surface area contributed by atoms with Crippen LogP contribution in [0.15, 0.2) is 59.4 Å². The fraction of sp³-hybridized carbons (Fsp3) is 0.346. The summed E-state index contributed by atoms with van der Waals surface area (Å²) < 4.78 is 28.0. The summed E-state index contributed by atoms with van der Waals surface area (Å²) >= 11 is 0. The van der Waals surface area contributed by atoms with Gasteiger partial charge in [0.05, 0.1) is 12.2 Å². The average Bonchev–Trinajstić information content (AvgIpc) is 3.35. The van der Waals surface area contributed by atoms with Crippen molar-refractivity contribution >= 4 is 12.1 Å². The van der Waals surface area contributed by atoms with Crippen molar-refractivity contribution in [3.8, 4) is 11.3 Å². The molecule has 7 nitrogen and oxygen atoms in total. The molecule has 9 heteroatoms. The molecule has 0 aliphatic carbocycles. The number of hydrogen-bond donors (Lipinski definition) is 2. The van der Waals surface area contributed by atoms with Gasteiger partial charge in [-0.25, -0.2) is 13.5 Å². The van der Waals surface area contributed by atoms with Crippen LogP contribution in [-0.4, -0.2) is 54.3 Å². The molecular weight excluding hydrogens is 452 g/mol. The number of aromatic nitrogens is 2. The molecule has 2 heterocycles. The van der Waals surface area contributed by atoms with Crippen molar-refractivity contribution in [3.05, 3.63) is 82.1 Å². The molecule has 186 valence electrons. The second kappa shape index (κ2) is 13.5. The van der Waals surface area contributed by atoms with Crippen molar-refractivity contribution in [2.75, 3.05) is 38.5 Å². The van der Waals surface area contributed by atoms with E-state index in [1.165, 1.54) is 55.7 Å². The highest BCUT2D eigenvalue weighted by atomic mass is 19.1. The van der Waals surface area contributed by atoms with E-state index >= 15 is 0 Å². The minimum absolute atomic E-state index is 0.152. The smallest absolute Gasteiger partial charge is 0.267 e. The molecule has 0 bridgehead atoms. The van der Waals surface area contributed by atoms with E-state index in [-0.39, 0.29) is 23.4 Å². The lowest BCUT2D eigenvalue weighted by molar-refractivity contribution is -0.105. The van der Waals surface area contributed by atoms with Gasteiger partial charge >= 0.3 is 0 Å². The number of nitrogens with one attached hydrogen (secondary N) is 2. The quantitative estimate of drug-likeness (QED) is 0.360. The van der Waals surface area contributed by atoms with Gasteiger partial charge in [0.15, 0.2) is 0 Å². The van der Waals surface area contributed by atoms with E-state index in [2.05, 4.69) is 20.6 Å². The molecule has 1 aromatic heterocycles. The number of amides is 1. The molecule has 1 fully saturated rings. The van der Waals surface area contributed by atoms with E-state index in [4.69, 9.17) is 0 Å². The van der Waals surface area contributed by atoms with E-state index < -0.39 is 11.6 Å². The first-order chi connectivity index (χ1) is 17.0. The van der Waals surface area contributed by atoms with E-state index in [1.807, 2.05) is 7.05 Å². The Morgan fingerprint density at radius 2 is 1.77 bits per heavy atom. The number of rotatable bonds is 9. The first kappa shape index (κ1) is 26.2. The Labute approximate surface area is 203 Å². The van der Waals surface area contributed by atoms with Gasteiger partial charge in [-0.2, -0.15) is 5.10 Å². The SMILES string of the molecule is CNCCCN1CCCC1.O=CNc1cccc(Cn2nc(-c3cc(F)cc(F)c3)ccc2=O)c1. The van der Waals surface area contributed by atoms with Gasteiger partial charge in [-0.1, -0.05) is 12.1 Å². The van der Waals surface area contributed by atoms with Crippen LogP contribution < -0.4 is 16.2 Å². The lowest BCUT2D eigenvalue weighted by atomic mass is 10.1. The van der Waals surface area contributed by atoms with Gasteiger partial charge in [-0.3, -0.25) is 9.59 Å². The maximum atomic E-state index is 13.4. The fourth-order valence-electron chi connectivity index (χ4n) is 3.90. The minimum atomic E-state index is -0.720. The fourth-order valence-corrected chi connectivity index (χ4v) is 3.90. The average molecular weight is 484 g/mol. The van der Waals surface area contributed by atoms with Crippen LogP contribution in [0.1, 0.15) is 24.8 Å². The van der Waals surface area contributed by atoms with Gasteiger partial charge in [0.2, 0.25) is 6.41 Å². The number of halogens is 2. The summed E-state index contributed by atoms with van der Waals surface area (Å²) in [5.41, 5.74) is 1.49. The number of carbonyl (C=O) groups is 1. The zero-order valence-electron chi connectivity index (χ0n) is 19.8. The van der Waals surface area contributed by atoms with Crippen molar-refractivity contribution in [2.45, 2.75) is 25.8 Å². The normalized spacial score (nSPS) is 13.2. The first-order valence-corrected chi connectivity index (χ1v) is 11.7. The Hall–Kier alpha value is -3.43. The van der Waals surface area contributed by atoms with Crippen molar-refractivity contribution in [3.63, 3.8) is 0 Å². The minimum Gasteiger partial charge on any atom is -0.329 e. The largest absolute Gasteiger partial charge is 0.329 e. The molecule has 0 saturated carbocycles. The van der Waals surface area contributed by atoms with Crippen molar-refractivity contribution in [1.29, 1.82) is 0 Å². The van der Waals surface area contributed by atoms with Gasteiger partial charge in [0.1, 0.15) is 11.6 Å². The van der Waals surface area contributed by atoms with Gasteiger partial charge in [-0.15, -0.1) is 0 Å². The Kier molecular flexibility index (Phi) is 10.1. The zero-order chi connectivity index (χ0) is 25.0. The molecule has 1 saturated heterocycles. The van der Waals surface area contributed by atoms with Gasteiger partial charge in [0, 0.05) is 23.4 Å². The molecule has 0 unspecified atom stereocenters. The molecular formula is C26H31F2N5O2. The van der Waals surface area contributed by atoms with Gasteiger partial charge < -0.3 is 15.5 Å². The third kappa shape index (κ3) is 8.38. The summed E-state index contributed by atoms with van der Waals surface area (Å²) in [6.07, 6.45) is 4.69. The predicted octanol–water partition coefficient (Wildman–Crippen LogP) is 3.50. The number of benzene rings is 2. The number of carbonyl (C=O) groups excluding carboxylic acids is 1. The Morgan fingerprint density at radius 3 is 2.46 bits per heavy atom. The maximum Gasteiger partial charge on any atom is 0.267 e. The standard InChI is InChI=1S/C18H13F2N3O2.C8H18N2/c19-14-7-13(8-15(20)9-14)17-4-5-18(25)23(22-17)10-12-2-1-3-16(6-12)21-11-24;1-9-5-4-8-10-6-2-3-7-10/h1-9,11H,10H2,(H,21,24);9H,2-8H2,1H3. The Bertz CT molecular complexity index is 1140. The lowest BCUT2D eigenvalue weighted by Gasteiger charge is -2.13. The number of likely N-dealkylation sites (tertiary alicyclic amines) is 1. The van der Waals surface area contributed by atoms with Crippen LogP contribution in [0.4, 0.5) is 14.5 Å². The first-order valence-electron chi connectivity index (χ1n) is 11.7. The van der Waals surface area contributed by atoms with Gasteiger partial charge in [-0.05, 0) is 88.4 Å². The van der Waals surface area contributed by atoms with Crippen LogP contribution in [0.5, 0.6) is 0 Å². The number of hydrogen-bond acceptors (Lipinski definition) is 5. The summed E-state index contributed by atoms with van der Waals surface area (Å²) in [5, 5.41) is 9.87. The van der Waals surface area contributed by atoms with E-state index in [0.717, 1.165) is 30.3 Å². The summed E-state index contributed by atoms with van der Waals surface area (Å²) in [5.74, 6) is -1.44. The molecule has 2 aromatic carbocycles. The third-order valence-corrected chi connectivity index (χ3v) is 5.61. The Morgan fingerprint density at radius 1 is 1.03 bits per heavy atom. The lowest BCUT2D eigenvalue weighted by Crippen LogP contribution is -2.23. The van der Waals surface area contributed by atoms with Gasteiger partial charge in [0.25, 0.3) is 5.56 Å². The second-order valence-electron chi connectivity index (χ2n) is 8.34.